The van der Waals surface area contributed by atoms with Crippen LogP contribution in [0.15, 0.2) is 18.2 Å². The fourth-order valence-electron chi connectivity index (χ4n) is 0.937. The smallest absolute Gasteiger partial charge is 0.152 e. The fourth-order valence-corrected chi connectivity index (χ4v) is 0.937. The van der Waals surface area contributed by atoms with E-state index in [1.165, 1.54) is 12.1 Å². The van der Waals surface area contributed by atoms with Crippen LogP contribution >= 0.6 is 0 Å². The minimum absolute atomic E-state index is 0.0926. The van der Waals surface area contributed by atoms with Crippen LogP contribution in [-0.2, 0) is 4.84 Å². The largest absolute Gasteiger partial charge is 0.248 e. The zero-order valence-corrected chi connectivity index (χ0v) is 6.84. The molecule has 0 unspecified atom stereocenters. The number of hydrogen-bond acceptors (Lipinski definition) is 2. The summed E-state index contributed by atoms with van der Waals surface area (Å²) in [4.78, 5) is 4.22. The van der Waals surface area contributed by atoms with Crippen LogP contribution in [0.4, 0.5) is 14.6 Å². The van der Waals surface area contributed by atoms with Gasteiger partial charge in [0, 0.05) is 0 Å². The van der Waals surface area contributed by atoms with E-state index in [0.717, 1.165) is 7.11 Å². The molecule has 0 bridgehead atoms. The summed E-state index contributed by atoms with van der Waals surface area (Å²) in [5.74, 6) is -0.639. The molecule has 0 aromatic heterocycles. The maximum atomic E-state index is 12.9. The molecule has 1 rings (SSSR count). The number of para-hydroxylation sites is 1. The van der Waals surface area contributed by atoms with Crippen LogP contribution in [0.3, 0.4) is 0 Å². The van der Waals surface area contributed by atoms with Gasteiger partial charge in [0.15, 0.2) is 5.82 Å². The number of anilines is 1. The van der Waals surface area contributed by atoms with Crippen LogP contribution in [0, 0.1) is 12.7 Å². The van der Waals surface area contributed by atoms with Crippen LogP contribution < -0.4 is 5.29 Å². The fraction of sp³-hybridized carbons (Fsp3) is 0.250. The molecule has 0 heterocycles. The first-order chi connectivity index (χ1) is 5.66. The average molecular weight is 173 g/mol. The molecule has 0 spiro atoms. The third-order valence-electron chi connectivity index (χ3n) is 1.52. The molecule has 2 nitrogen and oxygen atoms in total. The first kappa shape index (κ1) is 8.93. The Labute approximate surface area is 69.3 Å². The van der Waals surface area contributed by atoms with Crippen LogP contribution in [0.1, 0.15) is 5.56 Å². The lowest BCUT2D eigenvalue weighted by molar-refractivity contribution is 0.0575. The van der Waals surface area contributed by atoms with Gasteiger partial charge in [0.2, 0.25) is 0 Å². The molecule has 0 amide bonds. The van der Waals surface area contributed by atoms with Gasteiger partial charge in [0.05, 0.1) is 7.11 Å². The second-order valence-electron chi connectivity index (χ2n) is 2.33. The standard InChI is InChI=1S/C8H9F2NO/c1-6-4-3-5-7(9)8(6)11(10)12-2/h3-5H,1-2H3. The van der Waals surface area contributed by atoms with Crippen molar-refractivity contribution in [2.75, 3.05) is 12.4 Å². The van der Waals surface area contributed by atoms with Crippen molar-refractivity contribution in [2.45, 2.75) is 6.92 Å². The Kier molecular flexibility index (Phi) is 2.60. The lowest BCUT2D eigenvalue weighted by Gasteiger charge is -2.12. The summed E-state index contributed by atoms with van der Waals surface area (Å²) in [6, 6.07) is 4.29. The summed E-state index contributed by atoms with van der Waals surface area (Å²) in [6.07, 6.45) is 0. The molecule has 1 aromatic rings. The van der Waals surface area contributed by atoms with Crippen LogP contribution in [0.2, 0.25) is 0 Å². The van der Waals surface area contributed by atoms with Gasteiger partial charge in [0.1, 0.15) is 5.69 Å². The van der Waals surface area contributed by atoms with Gasteiger partial charge in [-0.2, -0.15) is 0 Å². The molecule has 66 valence electrons. The molecule has 0 saturated carbocycles. The normalized spacial score (nSPS) is 10.0. The third kappa shape index (κ3) is 1.53. The highest BCUT2D eigenvalue weighted by Crippen LogP contribution is 2.23. The van der Waals surface area contributed by atoms with E-state index in [-0.39, 0.29) is 11.0 Å². The minimum atomic E-state index is -0.639. The topological polar surface area (TPSA) is 12.5 Å². The number of rotatable bonds is 2. The highest BCUT2D eigenvalue weighted by molar-refractivity contribution is 5.50. The van der Waals surface area contributed by atoms with Gasteiger partial charge in [-0.05, 0) is 18.6 Å². The monoisotopic (exact) mass is 173 g/mol. The van der Waals surface area contributed by atoms with Crippen molar-refractivity contribution in [3.8, 4) is 0 Å². The Bertz CT molecular complexity index is 258. The molecule has 0 atom stereocenters. The summed E-state index contributed by atoms with van der Waals surface area (Å²) >= 11 is 0. The summed E-state index contributed by atoms with van der Waals surface area (Å²) in [7, 11) is 1.13. The maximum absolute atomic E-state index is 12.9. The molecular formula is C8H9F2NO. The van der Waals surface area contributed by atoms with Crippen molar-refractivity contribution in [3.63, 3.8) is 0 Å². The van der Waals surface area contributed by atoms with E-state index < -0.39 is 5.82 Å². The van der Waals surface area contributed by atoms with E-state index >= 15 is 0 Å². The summed E-state index contributed by atoms with van der Waals surface area (Å²) in [5.41, 5.74) is 0.305. The predicted octanol–water partition coefficient (Wildman–Crippen LogP) is 2.39. The van der Waals surface area contributed by atoms with E-state index in [9.17, 15) is 8.87 Å². The lowest BCUT2D eigenvalue weighted by Crippen LogP contribution is -2.12. The number of halogens is 2. The van der Waals surface area contributed by atoms with E-state index in [0.29, 0.717) is 5.56 Å². The van der Waals surface area contributed by atoms with Gasteiger partial charge in [-0.25, -0.2) is 9.23 Å². The van der Waals surface area contributed by atoms with E-state index in [4.69, 9.17) is 0 Å². The van der Waals surface area contributed by atoms with Crippen molar-refractivity contribution in [1.29, 1.82) is 0 Å². The molecule has 0 aliphatic carbocycles. The van der Waals surface area contributed by atoms with Gasteiger partial charge < -0.3 is 0 Å². The van der Waals surface area contributed by atoms with Crippen LogP contribution in [-0.4, -0.2) is 7.11 Å². The lowest BCUT2D eigenvalue weighted by atomic mass is 10.2. The second-order valence-corrected chi connectivity index (χ2v) is 2.33. The molecular weight excluding hydrogens is 164 g/mol. The van der Waals surface area contributed by atoms with Crippen molar-refractivity contribution in [2.24, 2.45) is 0 Å². The first-order valence-corrected chi connectivity index (χ1v) is 3.42. The van der Waals surface area contributed by atoms with E-state index in [1.54, 1.807) is 13.0 Å². The van der Waals surface area contributed by atoms with E-state index in [2.05, 4.69) is 4.84 Å². The second kappa shape index (κ2) is 3.49. The molecule has 0 fully saturated rings. The van der Waals surface area contributed by atoms with Crippen molar-refractivity contribution in [1.82, 2.24) is 0 Å². The molecule has 0 aliphatic heterocycles. The summed E-state index contributed by atoms with van der Waals surface area (Å²) < 4.78 is 25.7. The minimum Gasteiger partial charge on any atom is -0.248 e. The quantitative estimate of drug-likeness (QED) is 0.503. The molecule has 12 heavy (non-hydrogen) atoms. The molecule has 4 heteroatoms. The Hall–Kier alpha value is -1.16. The molecule has 0 aliphatic rings. The SMILES string of the molecule is CON(F)c1c(C)cccc1F. The maximum Gasteiger partial charge on any atom is 0.152 e. The molecule has 0 saturated heterocycles. The zero-order chi connectivity index (χ0) is 9.14. The number of aryl methyl sites for hydroxylation is 1. The van der Waals surface area contributed by atoms with Gasteiger partial charge in [-0.15, -0.1) is 0 Å². The predicted molar refractivity (Wildman–Crippen MR) is 41.7 cm³/mol. The van der Waals surface area contributed by atoms with Gasteiger partial charge >= 0.3 is 0 Å². The van der Waals surface area contributed by atoms with Gasteiger partial charge in [0.25, 0.3) is 0 Å². The van der Waals surface area contributed by atoms with Crippen molar-refractivity contribution >= 4 is 5.69 Å². The highest BCUT2D eigenvalue weighted by atomic mass is 19.2. The van der Waals surface area contributed by atoms with Crippen LogP contribution in [0.25, 0.3) is 0 Å². The van der Waals surface area contributed by atoms with Crippen LogP contribution in [0.5, 0.6) is 0 Å². The average Bonchev–Trinajstić information content (AvgIpc) is 2.03. The zero-order valence-electron chi connectivity index (χ0n) is 6.84. The Morgan fingerprint density at radius 3 is 2.58 bits per heavy atom. The molecule has 1 aromatic carbocycles. The Morgan fingerprint density at radius 1 is 1.42 bits per heavy atom. The van der Waals surface area contributed by atoms with Crippen molar-refractivity contribution in [3.05, 3.63) is 29.6 Å². The number of hydrogen-bond donors (Lipinski definition) is 0. The van der Waals surface area contributed by atoms with Crippen molar-refractivity contribution < 1.29 is 13.7 Å². The van der Waals surface area contributed by atoms with Gasteiger partial charge in [-0.1, -0.05) is 21.9 Å². The molecule has 0 N–H and O–H groups in total. The third-order valence-corrected chi connectivity index (χ3v) is 1.52. The Balaban J connectivity index is 3.12. The van der Waals surface area contributed by atoms with E-state index in [1.807, 2.05) is 0 Å². The summed E-state index contributed by atoms with van der Waals surface area (Å²) in [5, 5.41) is -0.0926. The number of benzene rings is 1. The highest BCUT2D eigenvalue weighted by Gasteiger charge is 2.12. The molecule has 0 radical (unpaired) electrons. The Morgan fingerprint density at radius 2 is 2.08 bits per heavy atom. The van der Waals surface area contributed by atoms with Gasteiger partial charge in [-0.3, -0.25) is 0 Å². The number of nitrogens with zero attached hydrogens (tertiary/aromatic N) is 1. The summed E-state index contributed by atoms with van der Waals surface area (Å²) in [6.45, 7) is 1.60. The first-order valence-electron chi connectivity index (χ1n) is 3.42.